The van der Waals surface area contributed by atoms with Crippen LogP contribution in [0.2, 0.25) is 0 Å². The van der Waals surface area contributed by atoms with Crippen LogP contribution in [0.3, 0.4) is 0 Å². The summed E-state index contributed by atoms with van der Waals surface area (Å²) in [6, 6.07) is 13.4. The van der Waals surface area contributed by atoms with E-state index < -0.39 is 25.7 Å². The van der Waals surface area contributed by atoms with Crippen molar-refractivity contribution in [2.45, 2.75) is 18.8 Å². The van der Waals surface area contributed by atoms with Gasteiger partial charge in [0.25, 0.3) is 11.2 Å². The number of hydrogen-bond donors (Lipinski definition) is 4. The number of hydrogen-bond acceptors (Lipinski definition) is 6. The molecule has 0 aliphatic carbocycles. The van der Waals surface area contributed by atoms with E-state index in [1.165, 1.54) is 37.3 Å². The number of aromatic hydroxyl groups is 1. The van der Waals surface area contributed by atoms with E-state index >= 15 is 0 Å². The second-order valence-corrected chi connectivity index (χ2v) is 10.3. The molecule has 4 N–H and O–H groups in total. The first kappa shape index (κ1) is 25.8. The summed E-state index contributed by atoms with van der Waals surface area (Å²) < 4.78 is 18.1. The Bertz CT molecular complexity index is 1240. The van der Waals surface area contributed by atoms with Crippen LogP contribution >= 0.6 is 40.3 Å². The van der Waals surface area contributed by atoms with E-state index in [4.69, 9.17) is 9.84 Å². The van der Waals surface area contributed by atoms with Crippen molar-refractivity contribution in [2.24, 2.45) is 0 Å². The lowest BCUT2D eigenvalue weighted by Crippen LogP contribution is -2.23. The van der Waals surface area contributed by atoms with E-state index in [-0.39, 0.29) is 29.2 Å². The van der Waals surface area contributed by atoms with Crippen molar-refractivity contribution in [3.05, 3.63) is 85.8 Å². The maximum atomic E-state index is 12.6. The highest BCUT2D eigenvalue weighted by Crippen LogP contribution is 2.42. The number of carbonyl (C=O) groups is 2. The van der Waals surface area contributed by atoms with Gasteiger partial charge < -0.3 is 25.4 Å². The number of carboxylic acid groups (broad SMARTS) is 1. The zero-order valence-corrected chi connectivity index (χ0v) is 21.8. The Kier molecular flexibility index (Phi) is 8.09. The number of aliphatic hydroxyl groups is 1. The van der Waals surface area contributed by atoms with Crippen molar-refractivity contribution >= 4 is 52.2 Å². The molecule has 0 aliphatic rings. The Morgan fingerprint density at radius 3 is 2.24 bits per heavy atom. The lowest BCUT2D eigenvalue weighted by Gasteiger charge is -2.15. The van der Waals surface area contributed by atoms with Crippen LogP contribution < -0.4 is 10.1 Å². The molecule has 176 valence electrons. The summed E-state index contributed by atoms with van der Waals surface area (Å²) in [5.41, 5.74) is 1.22. The molecule has 34 heavy (non-hydrogen) atoms. The molecular weight excluding hydrogens is 593 g/mol. The fourth-order valence-electron chi connectivity index (χ4n) is 2.92. The van der Waals surface area contributed by atoms with E-state index in [0.29, 0.717) is 25.8 Å². The smallest absolute Gasteiger partial charge is 0.364 e. The predicted octanol–water partition coefficient (Wildman–Crippen LogP) is 5.53. The van der Waals surface area contributed by atoms with Crippen LogP contribution in [0.25, 0.3) is 0 Å². The van der Waals surface area contributed by atoms with Gasteiger partial charge in [-0.05, 0) is 79.9 Å². The second-order valence-electron chi connectivity index (χ2n) is 7.41. The van der Waals surface area contributed by atoms with Crippen molar-refractivity contribution in [3.8, 4) is 17.2 Å². The van der Waals surface area contributed by atoms with Gasteiger partial charge >= 0.3 is 14.4 Å². The number of phenols is 1. The summed E-state index contributed by atoms with van der Waals surface area (Å²) in [6.45, 7) is 1.56. The van der Waals surface area contributed by atoms with Gasteiger partial charge in [0.15, 0.2) is 5.75 Å². The second kappa shape index (κ2) is 10.7. The molecule has 3 rings (SSSR count). The molecule has 0 heterocycles. The molecule has 2 unspecified atom stereocenters. The number of amides is 1. The van der Waals surface area contributed by atoms with Gasteiger partial charge in [-0.25, -0.2) is 4.79 Å². The number of benzene rings is 3. The molecule has 0 spiro atoms. The maximum Gasteiger partial charge on any atom is 0.364 e. The molecule has 0 saturated carbocycles. The maximum absolute atomic E-state index is 12.6. The summed E-state index contributed by atoms with van der Waals surface area (Å²) in [7, 11) is -0.969. The van der Waals surface area contributed by atoms with Crippen molar-refractivity contribution < 1.29 is 34.2 Å². The number of halogens is 2. The van der Waals surface area contributed by atoms with Gasteiger partial charge in [0.1, 0.15) is 11.5 Å². The van der Waals surface area contributed by atoms with Crippen LogP contribution in [0, 0.1) is 0 Å². The Hall–Kier alpha value is -2.78. The van der Waals surface area contributed by atoms with Crippen LogP contribution in [0.4, 0.5) is 0 Å². The monoisotopic (exact) mass is 610 g/mol. The number of nitrogens with one attached hydrogen (secondary N) is 1. The molecule has 0 bridgehead atoms. The number of rotatable bonds is 8. The lowest BCUT2D eigenvalue weighted by atomic mass is 10.1. The van der Waals surface area contributed by atoms with Gasteiger partial charge in [-0.15, -0.1) is 0 Å². The van der Waals surface area contributed by atoms with Gasteiger partial charge in [-0.3, -0.25) is 4.79 Å². The molecule has 2 atom stereocenters. The van der Waals surface area contributed by atoms with Crippen LogP contribution in [0.5, 0.6) is 17.2 Å². The third-order valence-corrected chi connectivity index (χ3v) is 6.71. The van der Waals surface area contributed by atoms with E-state index in [0.717, 1.165) is 0 Å². The fraction of sp³-hybridized carbons (Fsp3) is 0.130. The molecule has 3 aromatic carbocycles. The van der Waals surface area contributed by atoms with Gasteiger partial charge in [-0.1, -0.05) is 16.7 Å². The van der Waals surface area contributed by atoms with Gasteiger partial charge in [0.2, 0.25) is 0 Å². The molecule has 0 aliphatic heterocycles. The van der Waals surface area contributed by atoms with E-state index in [1.807, 2.05) is 0 Å². The van der Waals surface area contributed by atoms with Crippen molar-refractivity contribution in [1.82, 2.24) is 5.32 Å². The molecule has 3 aromatic rings. The SMILES string of the molecule is CC(O)([PH+]=O)c1cc(Br)c(Oc2ccc(O)c(C(=O)NCc3ccc(C(=O)O)cc3)c2)c(Br)c1. The molecule has 0 radical (unpaired) electrons. The molecule has 0 saturated heterocycles. The summed E-state index contributed by atoms with van der Waals surface area (Å²) in [5.74, 6) is -1.22. The Morgan fingerprint density at radius 2 is 1.68 bits per heavy atom. The lowest BCUT2D eigenvalue weighted by molar-refractivity contribution is 0.0696. The van der Waals surface area contributed by atoms with E-state index in [9.17, 15) is 24.4 Å². The minimum Gasteiger partial charge on any atom is -0.507 e. The highest BCUT2D eigenvalue weighted by atomic mass is 79.9. The first-order valence-corrected chi connectivity index (χ1v) is 12.2. The number of phenolic OH excluding ortho intramolecular Hbond substituents is 1. The van der Waals surface area contributed by atoms with Crippen LogP contribution in [0.15, 0.2) is 63.5 Å². The first-order chi connectivity index (χ1) is 16.0. The Labute approximate surface area is 213 Å². The number of carboxylic acids is 1. The standard InChI is InChI=1S/C23H18Br2NO7P/c1-23(31,34-32)14-8-17(24)20(18(25)9-14)33-15-6-7-19(27)16(10-15)21(28)26-11-12-2-4-13(5-3-12)22(29)30/h2-10,27,31H,11H2,1H3,(H,26,28)(H,29,30)/p+1. The Morgan fingerprint density at radius 1 is 1.06 bits per heavy atom. The highest BCUT2D eigenvalue weighted by Gasteiger charge is 2.33. The third kappa shape index (κ3) is 6.01. The van der Waals surface area contributed by atoms with Crippen LogP contribution in [-0.2, 0) is 16.5 Å². The fourth-order valence-corrected chi connectivity index (χ4v) is 4.53. The van der Waals surface area contributed by atoms with Gasteiger partial charge in [0, 0.05) is 19.0 Å². The first-order valence-electron chi connectivity index (χ1n) is 9.74. The third-order valence-electron chi connectivity index (χ3n) is 4.85. The largest absolute Gasteiger partial charge is 0.507 e. The quantitative estimate of drug-likeness (QED) is 0.246. The summed E-state index contributed by atoms with van der Waals surface area (Å²) in [4.78, 5) is 23.6. The topological polar surface area (TPSA) is 133 Å². The number of ether oxygens (including phenoxy) is 1. The minimum atomic E-state index is -1.53. The van der Waals surface area contributed by atoms with Crippen molar-refractivity contribution in [2.75, 3.05) is 0 Å². The van der Waals surface area contributed by atoms with E-state index in [1.54, 1.807) is 24.3 Å². The normalized spacial score (nSPS) is 12.7. The van der Waals surface area contributed by atoms with Gasteiger partial charge in [0.05, 0.1) is 20.1 Å². The average Bonchev–Trinajstić information content (AvgIpc) is 2.80. The molecule has 8 nitrogen and oxygen atoms in total. The number of carbonyl (C=O) groups excluding carboxylic acids is 1. The zero-order chi connectivity index (χ0) is 25.0. The Balaban J connectivity index is 1.78. The van der Waals surface area contributed by atoms with E-state index in [2.05, 4.69) is 37.2 Å². The molecule has 0 aromatic heterocycles. The molecule has 1 amide bonds. The van der Waals surface area contributed by atoms with Gasteiger partial charge in [-0.2, -0.15) is 0 Å². The van der Waals surface area contributed by atoms with Crippen LogP contribution in [0.1, 0.15) is 38.8 Å². The average molecular weight is 612 g/mol. The minimum absolute atomic E-state index is 0.0148. The molecular formula is C23H19Br2NO7P+. The number of aromatic carboxylic acids is 1. The van der Waals surface area contributed by atoms with Crippen LogP contribution in [-0.4, -0.2) is 27.2 Å². The molecule has 0 fully saturated rings. The predicted molar refractivity (Wildman–Crippen MR) is 133 cm³/mol. The summed E-state index contributed by atoms with van der Waals surface area (Å²) in [5, 5.41) is 30.5. The summed E-state index contributed by atoms with van der Waals surface area (Å²) >= 11 is 6.75. The molecule has 11 heteroatoms. The van der Waals surface area contributed by atoms with Crippen molar-refractivity contribution in [3.63, 3.8) is 0 Å². The zero-order valence-electron chi connectivity index (χ0n) is 17.6. The highest BCUT2D eigenvalue weighted by molar-refractivity contribution is 9.11. The van der Waals surface area contributed by atoms with Crippen molar-refractivity contribution in [1.29, 1.82) is 0 Å². The summed E-state index contributed by atoms with van der Waals surface area (Å²) in [6.07, 6.45) is 0.